The molecule has 3 rings (SSSR count). The first kappa shape index (κ1) is 14.5. The lowest BCUT2D eigenvalue weighted by Gasteiger charge is -2.21. The molecule has 0 atom stereocenters. The van der Waals surface area contributed by atoms with Crippen molar-refractivity contribution in [2.75, 3.05) is 0 Å². The van der Waals surface area contributed by atoms with Gasteiger partial charge in [0.05, 0.1) is 10.7 Å². The number of halogens is 1. The van der Waals surface area contributed by atoms with Crippen LogP contribution in [-0.4, -0.2) is 14.1 Å². The van der Waals surface area contributed by atoms with Crippen LogP contribution in [0.15, 0.2) is 16.9 Å². The minimum atomic E-state index is -0.120. The van der Waals surface area contributed by atoms with Gasteiger partial charge in [-0.25, -0.2) is 9.55 Å². The predicted molar refractivity (Wildman–Crippen MR) is 86.1 cm³/mol. The molecule has 0 bridgehead atoms. The predicted octanol–water partition coefficient (Wildman–Crippen LogP) is 3.37. The lowest BCUT2D eigenvalue weighted by Crippen LogP contribution is -2.28. The van der Waals surface area contributed by atoms with E-state index in [1.165, 1.54) is 4.57 Å². The lowest BCUT2D eigenvalue weighted by molar-refractivity contribution is 0.501. The van der Waals surface area contributed by atoms with Crippen LogP contribution in [-0.2, 0) is 13.0 Å². The van der Waals surface area contributed by atoms with E-state index in [0.29, 0.717) is 21.3 Å². The van der Waals surface area contributed by atoms with Gasteiger partial charge < -0.3 is 4.57 Å². The minimum absolute atomic E-state index is 0.120. The topological polar surface area (TPSA) is 39.8 Å². The van der Waals surface area contributed by atoms with Gasteiger partial charge in [0.15, 0.2) is 4.77 Å². The summed E-state index contributed by atoms with van der Waals surface area (Å²) >= 11 is 11.6. The highest BCUT2D eigenvalue weighted by Gasteiger charge is 2.16. The fraction of sp³-hybridized carbons (Fsp3) is 0.400. The van der Waals surface area contributed by atoms with Crippen molar-refractivity contribution in [3.05, 3.63) is 49.2 Å². The maximum absolute atomic E-state index is 12.5. The summed E-state index contributed by atoms with van der Waals surface area (Å²) in [7, 11) is 0. The third-order valence-corrected chi connectivity index (χ3v) is 4.66. The van der Waals surface area contributed by atoms with Crippen LogP contribution in [0.2, 0.25) is 5.02 Å². The molecule has 0 unspecified atom stereocenters. The van der Waals surface area contributed by atoms with Gasteiger partial charge in [0.1, 0.15) is 5.82 Å². The summed E-state index contributed by atoms with van der Waals surface area (Å²) < 4.78 is 4.09. The van der Waals surface area contributed by atoms with E-state index in [0.717, 1.165) is 37.1 Å². The van der Waals surface area contributed by atoms with Gasteiger partial charge in [-0.2, -0.15) is 0 Å². The number of rotatable bonds is 1. The number of hydrogen-bond donors (Lipinski definition) is 0. The van der Waals surface area contributed by atoms with Crippen molar-refractivity contribution in [3.63, 3.8) is 0 Å². The van der Waals surface area contributed by atoms with Crippen LogP contribution in [0.25, 0.3) is 5.82 Å². The van der Waals surface area contributed by atoms with E-state index in [1.807, 2.05) is 24.5 Å². The third-order valence-electron chi connectivity index (χ3n) is 3.87. The SMILES string of the molecule is Cc1cc(Cl)c(C)nc1-n1c(=O)cc2n(c1=S)CCCC2. The van der Waals surface area contributed by atoms with Crippen LogP contribution >= 0.6 is 23.8 Å². The molecule has 0 spiro atoms. The monoisotopic (exact) mass is 321 g/mol. The lowest BCUT2D eigenvalue weighted by atomic mass is 10.1. The molecule has 110 valence electrons. The molecule has 6 heteroatoms. The number of nitrogens with zero attached hydrogens (tertiary/aromatic N) is 3. The van der Waals surface area contributed by atoms with Gasteiger partial charge in [-0.15, -0.1) is 0 Å². The fourth-order valence-corrected chi connectivity index (χ4v) is 3.32. The van der Waals surface area contributed by atoms with Crippen molar-refractivity contribution in [2.24, 2.45) is 0 Å². The van der Waals surface area contributed by atoms with E-state index in [1.54, 1.807) is 6.07 Å². The zero-order valence-electron chi connectivity index (χ0n) is 12.0. The van der Waals surface area contributed by atoms with E-state index in [4.69, 9.17) is 23.8 Å². The standard InChI is InChI=1S/C15H16ClN3OS/c1-9-7-12(16)10(2)17-14(9)19-13(20)8-11-5-3-4-6-18(11)15(19)21/h7-8H,3-6H2,1-2H3. The Labute approximate surface area is 133 Å². The van der Waals surface area contributed by atoms with Gasteiger partial charge >= 0.3 is 0 Å². The summed E-state index contributed by atoms with van der Waals surface area (Å²) in [4.78, 5) is 16.9. The van der Waals surface area contributed by atoms with Gasteiger partial charge in [0.2, 0.25) is 0 Å². The minimum Gasteiger partial charge on any atom is -0.322 e. The van der Waals surface area contributed by atoms with Crippen molar-refractivity contribution in [1.29, 1.82) is 0 Å². The summed E-state index contributed by atoms with van der Waals surface area (Å²) in [5.41, 5.74) is 2.44. The van der Waals surface area contributed by atoms with E-state index in [-0.39, 0.29) is 5.56 Å². The first-order valence-corrected chi connectivity index (χ1v) is 7.77. The molecular formula is C15H16ClN3OS. The second kappa shape index (κ2) is 5.39. The number of fused-ring (bicyclic) bond motifs is 1. The molecule has 21 heavy (non-hydrogen) atoms. The highest BCUT2D eigenvalue weighted by atomic mass is 35.5. The Morgan fingerprint density at radius 1 is 1.29 bits per heavy atom. The van der Waals surface area contributed by atoms with Crippen LogP contribution in [0.5, 0.6) is 0 Å². The van der Waals surface area contributed by atoms with E-state index < -0.39 is 0 Å². The maximum atomic E-state index is 12.5. The molecule has 3 heterocycles. The van der Waals surface area contributed by atoms with E-state index in [2.05, 4.69) is 4.98 Å². The van der Waals surface area contributed by atoms with Crippen molar-refractivity contribution >= 4 is 23.8 Å². The Balaban J connectivity index is 2.31. The van der Waals surface area contributed by atoms with Crippen molar-refractivity contribution in [2.45, 2.75) is 39.7 Å². The van der Waals surface area contributed by atoms with Crippen LogP contribution < -0.4 is 5.56 Å². The Bertz CT molecular complexity index is 838. The fourth-order valence-electron chi connectivity index (χ4n) is 2.73. The maximum Gasteiger partial charge on any atom is 0.260 e. The van der Waals surface area contributed by atoms with Gasteiger partial charge in [-0.3, -0.25) is 4.79 Å². The van der Waals surface area contributed by atoms with Crippen LogP contribution in [0, 0.1) is 18.6 Å². The van der Waals surface area contributed by atoms with Gasteiger partial charge in [-0.1, -0.05) is 11.6 Å². The van der Waals surface area contributed by atoms with Crippen molar-refractivity contribution < 1.29 is 0 Å². The molecule has 0 saturated carbocycles. The summed E-state index contributed by atoms with van der Waals surface area (Å²) in [6, 6.07) is 3.50. The summed E-state index contributed by atoms with van der Waals surface area (Å²) in [6.45, 7) is 4.57. The zero-order valence-corrected chi connectivity index (χ0v) is 13.6. The Kier molecular flexibility index (Phi) is 3.71. The summed E-state index contributed by atoms with van der Waals surface area (Å²) in [6.07, 6.45) is 3.10. The first-order chi connectivity index (χ1) is 9.99. The molecule has 0 aliphatic carbocycles. The largest absolute Gasteiger partial charge is 0.322 e. The summed E-state index contributed by atoms with van der Waals surface area (Å²) in [5.74, 6) is 0.577. The molecule has 0 saturated heterocycles. The molecule has 4 nitrogen and oxygen atoms in total. The molecule has 2 aromatic heterocycles. The highest BCUT2D eigenvalue weighted by Crippen LogP contribution is 2.20. The smallest absolute Gasteiger partial charge is 0.260 e. The third kappa shape index (κ3) is 2.45. The second-order valence-electron chi connectivity index (χ2n) is 5.40. The van der Waals surface area contributed by atoms with Crippen molar-refractivity contribution in [3.8, 4) is 5.82 Å². The normalized spacial score (nSPS) is 14.0. The number of pyridine rings is 1. The average Bonchev–Trinajstić information content (AvgIpc) is 2.44. The Morgan fingerprint density at radius 3 is 2.81 bits per heavy atom. The van der Waals surface area contributed by atoms with Crippen LogP contribution in [0.4, 0.5) is 0 Å². The first-order valence-electron chi connectivity index (χ1n) is 6.99. The molecule has 0 aromatic carbocycles. The highest BCUT2D eigenvalue weighted by molar-refractivity contribution is 7.71. The molecule has 2 aromatic rings. The molecule has 0 amide bonds. The van der Waals surface area contributed by atoms with Gasteiger partial charge in [0.25, 0.3) is 5.56 Å². The van der Waals surface area contributed by atoms with Gasteiger partial charge in [0, 0.05) is 18.3 Å². The zero-order chi connectivity index (χ0) is 15.1. The Hall–Kier alpha value is -1.46. The molecule has 0 radical (unpaired) electrons. The number of aryl methyl sites for hydroxylation is 3. The van der Waals surface area contributed by atoms with Crippen LogP contribution in [0.3, 0.4) is 0 Å². The van der Waals surface area contributed by atoms with E-state index >= 15 is 0 Å². The second-order valence-corrected chi connectivity index (χ2v) is 6.17. The molecule has 0 fully saturated rings. The summed E-state index contributed by atoms with van der Waals surface area (Å²) in [5, 5.41) is 0.598. The number of hydrogen-bond acceptors (Lipinski definition) is 3. The van der Waals surface area contributed by atoms with Crippen LogP contribution in [0.1, 0.15) is 29.8 Å². The molecule has 1 aliphatic rings. The van der Waals surface area contributed by atoms with E-state index in [9.17, 15) is 4.79 Å². The van der Waals surface area contributed by atoms with Gasteiger partial charge in [-0.05, 0) is 57.0 Å². The Morgan fingerprint density at radius 2 is 2.05 bits per heavy atom. The quantitative estimate of drug-likeness (QED) is 0.756. The molecule has 0 N–H and O–H groups in total. The molecule has 1 aliphatic heterocycles. The van der Waals surface area contributed by atoms with Crippen molar-refractivity contribution in [1.82, 2.24) is 14.1 Å². The number of aromatic nitrogens is 3. The molecular weight excluding hydrogens is 306 g/mol. The average molecular weight is 322 g/mol.